The normalized spacial score (nSPS) is 22.9. The van der Waals surface area contributed by atoms with Crippen LogP contribution < -0.4 is 0 Å². The van der Waals surface area contributed by atoms with Crippen LogP contribution in [0.2, 0.25) is 0 Å². The van der Waals surface area contributed by atoms with Gasteiger partial charge in [0.15, 0.2) is 3.79 Å². The molecular weight excluding hydrogens is 303 g/mol. The average Bonchev–Trinajstić information content (AvgIpc) is 2.49. The van der Waals surface area contributed by atoms with Gasteiger partial charge in [0.25, 0.3) is 0 Å². The molecule has 1 aliphatic rings. The molecule has 0 N–H and O–H groups in total. The highest BCUT2D eigenvalue weighted by atomic mass is 127. The molecule has 0 aliphatic carbocycles. The molecule has 0 amide bonds. The van der Waals surface area contributed by atoms with E-state index in [9.17, 15) is 4.79 Å². The highest BCUT2D eigenvalue weighted by Crippen LogP contribution is 2.39. The first kappa shape index (κ1) is 11.2. The lowest BCUT2D eigenvalue weighted by Gasteiger charge is -2.04. The number of rotatable bonds is 5. The van der Waals surface area contributed by atoms with Crippen LogP contribution in [0.1, 0.15) is 32.1 Å². The molecule has 0 aromatic rings. The number of halogens is 1. The molecule has 0 bridgehead atoms. The van der Waals surface area contributed by atoms with E-state index < -0.39 is 0 Å². The van der Waals surface area contributed by atoms with Crippen molar-refractivity contribution in [3.8, 4) is 0 Å². The summed E-state index contributed by atoms with van der Waals surface area (Å²) in [4.78, 5) is 10.6. The van der Waals surface area contributed by atoms with Crippen molar-refractivity contribution in [1.82, 2.24) is 0 Å². The van der Waals surface area contributed by atoms with Crippen LogP contribution in [0.5, 0.6) is 0 Å². The van der Waals surface area contributed by atoms with E-state index >= 15 is 0 Å². The molecule has 12 heavy (non-hydrogen) atoms. The second kappa shape index (κ2) is 6.54. The van der Waals surface area contributed by atoms with Gasteiger partial charge in [0, 0.05) is 17.4 Å². The van der Waals surface area contributed by atoms with Crippen molar-refractivity contribution in [2.45, 2.75) is 37.4 Å². The molecule has 0 radical (unpaired) electrons. The minimum Gasteiger partial charge on any atom is -0.288 e. The second-order valence-electron chi connectivity index (χ2n) is 2.93. The number of carbonyl (C=O) groups is 1. The average molecular weight is 316 g/mol. The van der Waals surface area contributed by atoms with E-state index in [4.69, 9.17) is 0 Å². The minimum atomic E-state index is 0.307. The maximum atomic E-state index is 10.6. The van der Waals surface area contributed by atoms with Crippen molar-refractivity contribution < 1.29 is 4.79 Å². The minimum absolute atomic E-state index is 0.307. The first-order chi connectivity index (χ1) is 5.79. The van der Waals surface area contributed by atoms with E-state index in [1.165, 1.54) is 25.0 Å². The monoisotopic (exact) mass is 316 g/mol. The maximum absolute atomic E-state index is 10.6. The Morgan fingerprint density at radius 1 is 1.50 bits per heavy atom. The van der Waals surface area contributed by atoms with Crippen LogP contribution in [-0.4, -0.2) is 14.8 Å². The summed E-state index contributed by atoms with van der Waals surface area (Å²) < 4.78 is 0.307. The molecule has 1 nitrogen and oxygen atoms in total. The van der Waals surface area contributed by atoms with Crippen LogP contribution in [0, 0.1) is 0 Å². The lowest BCUT2D eigenvalue weighted by Crippen LogP contribution is -1.97. The van der Waals surface area contributed by atoms with Crippen LogP contribution in [0.4, 0.5) is 0 Å². The second-order valence-corrected chi connectivity index (χ2v) is 6.92. The van der Waals surface area contributed by atoms with Crippen LogP contribution in [0.15, 0.2) is 0 Å². The predicted molar refractivity (Wildman–Crippen MR) is 65.9 cm³/mol. The number of carbonyl (C=O) groups excluding carboxylic acids is 1. The largest absolute Gasteiger partial charge is 0.288 e. The zero-order chi connectivity index (χ0) is 8.81. The third-order valence-corrected chi connectivity index (χ3v) is 5.42. The summed E-state index contributed by atoms with van der Waals surface area (Å²) in [7, 11) is 4.03. The van der Waals surface area contributed by atoms with Crippen LogP contribution in [-0.2, 0) is 4.79 Å². The highest BCUT2D eigenvalue weighted by molar-refractivity contribution is 14.1. The lowest BCUT2D eigenvalue weighted by molar-refractivity contribution is -0.109. The quantitative estimate of drug-likeness (QED) is 0.333. The van der Waals surface area contributed by atoms with Gasteiger partial charge in [-0.25, -0.2) is 0 Å². The third kappa shape index (κ3) is 4.97. The van der Waals surface area contributed by atoms with Crippen molar-refractivity contribution >= 4 is 48.0 Å². The van der Waals surface area contributed by atoms with E-state index in [-0.39, 0.29) is 0 Å². The Balaban J connectivity index is 1.91. The molecule has 0 spiro atoms. The molecule has 0 aromatic carbocycles. The van der Waals surface area contributed by atoms with Crippen LogP contribution >= 0.6 is 44.2 Å². The Bertz CT molecular complexity index is 146. The highest BCUT2D eigenvalue weighted by Gasteiger charge is 2.15. The van der Waals surface area contributed by atoms with Gasteiger partial charge in [-0.3, -0.25) is 4.79 Å². The Kier molecular flexibility index (Phi) is 6.09. The first-order valence-electron chi connectivity index (χ1n) is 4.25. The van der Waals surface area contributed by atoms with Gasteiger partial charge < -0.3 is 0 Å². The molecule has 1 aliphatic heterocycles. The summed E-state index contributed by atoms with van der Waals surface area (Å²) >= 11 is 1.88. The van der Waals surface area contributed by atoms with Crippen molar-refractivity contribution in [2.24, 2.45) is 0 Å². The number of hydrogen-bond acceptors (Lipinski definition) is 3. The summed E-state index contributed by atoms with van der Waals surface area (Å²) in [6.45, 7) is 0. The molecule has 1 unspecified atom stereocenters. The Hall–Kier alpha value is 1.10. The SMILES string of the molecule is O=C(I)CCCCC1CCSS1. The molecule has 4 heteroatoms. The molecule has 0 aromatic heterocycles. The fourth-order valence-electron chi connectivity index (χ4n) is 1.20. The third-order valence-electron chi connectivity index (χ3n) is 1.88. The van der Waals surface area contributed by atoms with Crippen LogP contribution in [0.25, 0.3) is 0 Å². The van der Waals surface area contributed by atoms with Crippen LogP contribution in [0.3, 0.4) is 0 Å². The smallest absolute Gasteiger partial charge is 0.192 e. The van der Waals surface area contributed by atoms with Gasteiger partial charge in [0.2, 0.25) is 0 Å². The van der Waals surface area contributed by atoms with E-state index in [0.717, 1.165) is 18.1 Å². The maximum Gasteiger partial charge on any atom is 0.192 e. The van der Waals surface area contributed by atoms with Gasteiger partial charge in [-0.15, -0.1) is 0 Å². The zero-order valence-corrected chi connectivity index (χ0v) is 10.7. The summed E-state index contributed by atoms with van der Waals surface area (Å²) in [6.07, 6.45) is 5.76. The van der Waals surface area contributed by atoms with Gasteiger partial charge >= 0.3 is 0 Å². The molecule has 1 rings (SSSR count). The fraction of sp³-hybridized carbons (Fsp3) is 0.875. The van der Waals surface area contributed by atoms with Crippen molar-refractivity contribution in [3.63, 3.8) is 0 Å². The van der Waals surface area contributed by atoms with E-state index in [2.05, 4.69) is 0 Å². The predicted octanol–water partition coefficient (Wildman–Crippen LogP) is 3.66. The van der Waals surface area contributed by atoms with Gasteiger partial charge in [0.05, 0.1) is 0 Å². The topological polar surface area (TPSA) is 17.1 Å². The van der Waals surface area contributed by atoms with Crippen molar-refractivity contribution in [2.75, 3.05) is 5.75 Å². The summed E-state index contributed by atoms with van der Waals surface area (Å²) in [6, 6.07) is 0. The Morgan fingerprint density at radius 2 is 2.33 bits per heavy atom. The first-order valence-corrected chi connectivity index (χ1v) is 7.72. The van der Waals surface area contributed by atoms with Gasteiger partial charge in [0.1, 0.15) is 0 Å². The van der Waals surface area contributed by atoms with Crippen molar-refractivity contribution in [3.05, 3.63) is 0 Å². The zero-order valence-electron chi connectivity index (χ0n) is 6.92. The molecular formula is C8H13IOS2. The van der Waals surface area contributed by atoms with E-state index in [1.54, 1.807) is 0 Å². The van der Waals surface area contributed by atoms with Gasteiger partial charge in [-0.05, 0) is 41.9 Å². The standard InChI is InChI=1S/C8H13IOS2/c9-8(10)4-2-1-3-7-5-6-11-12-7/h7H,1-6H2. The Labute approximate surface area is 95.4 Å². The molecule has 70 valence electrons. The van der Waals surface area contributed by atoms with Crippen molar-refractivity contribution in [1.29, 1.82) is 0 Å². The van der Waals surface area contributed by atoms with E-state index in [1.807, 2.05) is 44.2 Å². The summed E-state index contributed by atoms with van der Waals surface area (Å²) in [5.74, 6) is 1.32. The molecule has 0 saturated carbocycles. The Morgan fingerprint density at radius 3 is 2.92 bits per heavy atom. The number of unbranched alkanes of at least 4 members (excludes halogenated alkanes) is 1. The van der Waals surface area contributed by atoms with Gasteiger partial charge in [-0.1, -0.05) is 28.0 Å². The fourth-order valence-corrected chi connectivity index (χ4v) is 4.61. The molecule has 1 heterocycles. The lowest BCUT2D eigenvalue weighted by atomic mass is 10.1. The number of hydrogen-bond donors (Lipinski definition) is 0. The molecule has 1 atom stereocenters. The summed E-state index contributed by atoms with van der Waals surface area (Å²) in [5, 5.41) is 0.874. The molecule has 1 saturated heterocycles. The van der Waals surface area contributed by atoms with Gasteiger partial charge in [-0.2, -0.15) is 0 Å². The molecule has 1 fully saturated rings. The summed E-state index contributed by atoms with van der Waals surface area (Å²) in [5.41, 5.74) is 0. The van der Waals surface area contributed by atoms with E-state index in [0.29, 0.717) is 3.79 Å².